The van der Waals surface area contributed by atoms with Crippen LogP contribution in [0.15, 0.2) is 33.2 Å². The van der Waals surface area contributed by atoms with E-state index >= 15 is 0 Å². The van der Waals surface area contributed by atoms with Crippen molar-refractivity contribution in [3.05, 3.63) is 29.5 Å². The van der Waals surface area contributed by atoms with Gasteiger partial charge in [0.15, 0.2) is 16.7 Å². The highest BCUT2D eigenvalue weighted by atomic mass is 32.1. The molecule has 0 amide bonds. The van der Waals surface area contributed by atoms with Crippen molar-refractivity contribution >= 4 is 17.3 Å². The summed E-state index contributed by atoms with van der Waals surface area (Å²) in [4.78, 5) is 10.4. The topological polar surface area (TPSA) is 67.7 Å². The summed E-state index contributed by atoms with van der Waals surface area (Å²) < 4.78 is 5.28. The molecule has 0 fully saturated rings. The van der Waals surface area contributed by atoms with E-state index in [2.05, 4.69) is 9.98 Å². The monoisotopic (exact) mass is 250 g/mol. The van der Waals surface area contributed by atoms with Gasteiger partial charge in [-0.1, -0.05) is 0 Å². The molecule has 0 aliphatic rings. The zero-order valence-corrected chi connectivity index (χ0v) is 10.6. The van der Waals surface area contributed by atoms with Crippen LogP contribution in [0.2, 0.25) is 0 Å². The second kappa shape index (κ2) is 5.01. The highest BCUT2D eigenvalue weighted by molar-refractivity contribution is 7.13. The highest BCUT2D eigenvalue weighted by Gasteiger charge is 2.06. The van der Waals surface area contributed by atoms with Crippen molar-refractivity contribution in [3.8, 4) is 10.8 Å². The number of thiazole rings is 1. The lowest BCUT2D eigenvalue weighted by molar-refractivity contribution is 0.581. The third-order valence-corrected chi connectivity index (χ3v) is 3.05. The summed E-state index contributed by atoms with van der Waals surface area (Å²) in [5.74, 6) is 1.28. The minimum Gasteiger partial charge on any atom is -0.462 e. The van der Waals surface area contributed by atoms with Crippen LogP contribution in [-0.4, -0.2) is 29.9 Å². The second-order valence-electron chi connectivity index (χ2n) is 3.69. The van der Waals surface area contributed by atoms with Gasteiger partial charge in [0.1, 0.15) is 0 Å². The number of hydrogen-bond donors (Lipinski definition) is 1. The summed E-state index contributed by atoms with van der Waals surface area (Å²) in [6.45, 7) is 0.487. The number of nitrogens with two attached hydrogens (primary N) is 1. The quantitative estimate of drug-likeness (QED) is 0.666. The molecule has 2 aromatic heterocycles. The molecule has 0 aromatic carbocycles. The fraction of sp³-hybridized carbons (Fsp3) is 0.273. The Morgan fingerprint density at radius 2 is 2.41 bits per heavy atom. The van der Waals surface area contributed by atoms with E-state index in [-0.39, 0.29) is 0 Å². The molecule has 6 heteroatoms. The lowest BCUT2D eigenvalue weighted by atomic mass is 10.4. The van der Waals surface area contributed by atoms with Crippen molar-refractivity contribution in [3.63, 3.8) is 0 Å². The molecule has 2 heterocycles. The first-order chi connectivity index (χ1) is 8.16. The van der Waals surface area contributed by atoms with Crippen molar-refractivity contribution < 1.29 is 4.42 Å². The average Bonchev–Trinajstić information content (AvgIpc) is 2.95. The van der Waals surface area contributed by atoms with Gasteiger partial charge >= 0.3 is 0 Å². The van der Waals surface area contributed by atoms with E-state index < -0.39 is 0 Å². The third kappa shape index (κ3) is 2.85. The third-order valence-electron chi connectivity index (χ3n) is 2.14. The van der Waals surface area contributed by atoms with Crippen LogP contribution >= 0.6 is 11.3 Å². The fourth-order valence-electron chi connectivity index (χ4n) is 1.20. The molecule has 0 spiro atoms. The van der Waals surface area contributed by atoms with Gasteiger partial charge < -0.3 is 15.1 Å². The molecule has 0 saturated heterocycles. The first-order valence-electron chi connectivity index (χ1n) is 5.12. The Hall–Kier alpha value is -1.82. The molecule has 0 unspecified atom stereocenters. The summed E-state index contributed by atoms with van der Waals surface area (Å²) in [6, 6.07) is 3.73. The molecular weight excluding hydrogens is 236 g/mol. The van der Waals surface area contributed by atoms with E-state index in [1.807, 2.05) is 31.6 Å². The van der Waals surface area contributed by atoms with E-state index in [9.17, 15) is 0 Å². The number of furan rings is 1. The Morgan fingerprint density at radius 3 is 3.06 bits per heavy atom. The molecule has 0 saturated carbocycles. The fourth-order valence-corrected chi connectivity index (χ4v) is 1.97. The largest absolute Gasteiger partial charge is 0.462 e. The maximum absolute atomic E-state index is 5.70. The minimum atomic E-state index is 0.487. The second-order valence-corrected chi connectivity index (χ2v) is 4.55. The first kappa shape index (κ1) is 11.7. The lowest BCUT2D eigenvalue weighted by Crippen LogP contribution is -2.30. The Labute approximate surface area is 104 Å². The number of hydrogen-bond acceptors (Lipinski definition) is 4. The molecule has 2 aromatic rings. The molecule has 0 radical (unpaired) electrons. The maximum Gasteiger partial charge on any atom is 0.191 e. The number of nitrogens with zero attached hydrogens (tertiary/aromatic N) is 3. The molecule has 0 aliphatic carbocycles. The highest BCUT2D eigenvalue weighted by Crippen LogP contribution is 2.24. The Bertz CT molecular complexity index is 501. The lowest BCUT2D eigenvalue weighted by Gasteiger charge is -2.09. The standard InChI is InChI=1S/C11H14N4OS/c1-15(2)11(12)13-6-8-7-17-10(14-8)9-4-3-5-16-9/h3-5,7H,6H2,1-2H3,(H2,12,13). The maximum atomic E-state index is 5.70. The van der Waals surface area contributed by atoms with Crippen LogP contribution < -0.4 is 5.73 Å². The SMILES string of the molecule is CN(C)C(N)=NCc1csc(-c2ccco2)n1. The van der Waals surface area contributed by atoms with Crippen LogP contribution in [0.25, 0.3) is 10.8 Å². The Morgan fingerprint density at radius 1 is 1.59 bits per heavy atom. The van der Waals surface area contributed by atoms with Crippen molar-refractivity contribution in [1.82, 2.24) is 9.88 Å². The van der Waals surface area contributed by atoms with Crippen LogP contribution in [0.3, 0.4) is 0 Å². The predicted octanol–water partition coefficient (Wildman–Crippen LogP) is 1.78. The van der Waals surface area contributed by atoms with E-state index in [4.69, 9.17) is 10.2 Å². The van der Waals surface area contributed by atoms with Crippen molar-refractivity contribution in [2.24, 2.45) is 10.7 Å². The smallest absolute Gasteiger partial charge is 0.191 e. The molecule has 0 aliphatic heterocycles. The molecule has 2 rings (SSSR count). The summed E-state index contributed by atoms with van der Waals surface area (Å²) in [6.07, 6.45) is 1.64. The molecule has 90 valence electrons. The van der Waals surface area contributed by atoms with Gasteiger partial charge in [0.25, 0.3) is 0 Å². The van der Waals surface area contributed by atoms with Crippen molar-refractivity contribution in [2.75, 3.05) is 14.1 Å². The van der Waals surface area contributed by atoms with Crippen LogP contribution in [0.5, 0.6) is 0 Å². The van der Waals surface area contributed by atoms with Gasteiger partial charge in [-0.3, -0.25) is 0 Å². The first-order valence-corrected chi connectivity index (χ1v) is 6.00. The van der Waals surface area contributed by atoms with E-state index in [0.29, 0.717) is 12.5 Å². The van der Waals surface area contributed by atoms with Crippen LogP contribution in [0, 0.1) is 0 Å². The van der Waals surface area contributed by atoms with Gasteiger partial charge in [0, 0.05) is 19.5 Å². The van der Waals surface area contributed by atoms with Crippen LogP contribution in [0.1, 0.15) is 5.69 Å². The Kier molecular flexibility index (Phi) is 3.43. The van der Waals surface area contributed by atoms with Crippen LogP contribution in [0.4, 0.5) is 0 Å². The van der Waals surface area contributed by atoms with Crippen molar-refractivity contribution in [2.45, 2.75) is 6.54 Å². The average molecular weight is 250 g/mol. The molecule has 2 N–H and O–H groups in total. The summed E-state index contributed by atoms with van der Waals surface area (Å²) in [5, 5.41) is 2.83. The number of rotatable bonds is 3. The van der Waals surface area contributed by atoms with Gasteiger partial charge in [-0.05, 0) is 12.1 Å². The van der Waals surface area contributed by atoms with Gasteiger partial charge in [0.2, 0.25) is 0 Å². The minimum absolute atomic E-state index is 0.487. The zero-order chi connectivity index (χ0) is 12.3. The molecule has 0 bridgehead atoms. The van der Waals surface area contributed by atoms with Crippen LogP contribution in [-0.2, 0) is 6.54 Å². The zero-order valence-electron chi connectivity index (χ0n) is 9.75. The number of aliphatic imine (C=N–C) groups is 1. The number of guanidine groups is 1. The van der Waals surface area contributed by atoms with Gasteiger partial charge in [-0.15, -0.1) is 11.3 Å². The van der Waals surface area contributed by atoms with Gasteiger partial charge in [-0.2, -0.15) is 0 Å². The molecule has 5 nitrogen and oxygen atoms in total. The number of aromatic nitrogens is 1. The van der Waals surface area contributed by atoms with E-state index in [1.165, 1.54) is 11.3 Å². The normalized spacial score (nSPS) is 11.8. The summed E-state index contributed by atoms with van der Waals surface area (Å²) in [5.41, 5.74) is 6.59. The predicted molar refractivity (Wildman–Crippen MR) is 68.8 cm³/mol. The van der Waals surface area contributed by atoms with Crippen molar-refractivity contribution in [1.29, 1.82) is 0 Å². The van der Waals surface area contributed by atoms with Gasteiger partial charge in [0.05, 0.1) is 18.5 Å². The molecular formula is C11H14N4OS. The molecule has 17 heavy (non-hydrogen) atoms. The van der Waals surface area contributed by atoms with E-state index in [1.54, 1.807) is 11.2 Å². The summed E-state index contributed by atoms with van der Waals surface area (Å²) >= 11 is 1.54. The Balaban J connectivity index is 2.07. The van der Waals surface area contributed by atoms with Gasteiger partial charge in [-0.25, -0.2) is 9.98 Å². The van der Waals surface area contributed by atoms with E-state index in [0.717, 1.165) is 16.5 Å². The summed E-state index contributed by atoms with van der Waals surface area (Å²) in [7, 11) is 3.71. The molecule has 0 atom stereocenters.